The standard InChI is InChI=1S/C28H37N5O2/c1-20-11-9-10-14-24(20)33-26(17-25(31-33)28(2,3)4)30-27(34)29-23-19-32(15-16-35-5)18-22(23)21-12-7-6-8-13-21/h6-14,17,22-23H,15-16,18-19H2,1-5H3,(H2,29,30,34)/t22-,23+/m1/s1. The van der Waals surface area contributed by atoms with Crippen molar-refractivity contribution in [1.29, 1.82) is 0 Å². The van der Waals surface area contributed by atoms with E-state index >= 15 is 0 Å². The number of likely N-dealkylation sites (tertiary alicyclic amines) is 1. The van der Waals surface area contributed by atoms with Crippen LogP contribution in [-0.2, 0) is 10.2 Å². The summed E-state index contributed by atoms with van der Waals surface area (Å²) in [6, 6.07) is 20.2. The van der Waals surface area contributed by atoms with E-state index in [9.17, 15) is 4.79 Å². The molecule has 0 saturated carbocycles. The number of carbonyl (C=O) groups is 1. The molecule has 2 atom stereocenters. The average Bonchev–Trinajstić information content (AvgIpc) is 3.43. The second-order valence-electron chi connectivity index (χ2n) is 10.3. The van der Waals surface area contributed by atoms with E-state index in [4.69, 9.17) is 9.84 Å². The highest BCUT2D eigenvalue weighted by Gasteiger charge is 2.35. The van der Waals surface area contributed by atoms with Crippen molar-refractivity contribution in [2.75, 3.05) is 38.7 Å². The molecule has 0 bridgehead atoms. The van der Waals surface area contributed by atoms with E-state index in [0.717, 1.165) is 36.6 Å². The predicted molar refractivity (Wildman–Crippen MR) is 140 cm³/mol. The SMILES string of the molecule is COCCN1C[C@H](NC(=O)Nc2cc(C(C)(C)C)nn2-c2ccccc2C)[C@@H](c2ccccc2)C1. The molecule has 0 unspecified atom stereocenters. The molecule has 1 fully saturated rings. The molecule has 1 aromatic heterocycles. The molecule has 7 heteroatoms. The quantitative estimate of drug-likeness (QED) is 0.519. The van der Waals surface area contributed by atoms with Crippen molar-refractivity contribution in [3.8, 4) is 5.69 Å². The first-order valence-corrected chi connectivity index (χ1v) is 12.3. The minimum atomic E-state index is -0.222. The van der Waals surface area contributed by atoms with Gasteiger partial charge in [0.2, 0.25) is 0 Å². The number of aromatic nitrogens is 2. The Balaban J connectivity index is 1.56. The third-order valence-corrected chi connectivity index (χ3v) is 6.61. The minimum Gasteiger partial charge on any atom is -0.383 e. The number of carbonyl (C=O) groups excluding carboxylic acids is 1. The molecule has 2 N–H and O–H groups in total. The van der Waals surface area contributed by atoms with Gasteiger partial charge in [-0.1, -0.05) is 69.3 Å². The predicted octanol–water partition coefficient (Wildman–Crippen LogP) is 4.71. The number of nitrogens with zero attached hydrogens (tertiary/aromatic N) is 3. The summed E-state index contributed by atoms with van der Waals surface area (Å²) < 4.78 is 7.12. The van der Waals surface area contributed by atoms with Crippen molar-refractivity contribution in [2.45, 2.75) is 45.1 Å². The third-order valence-electron chi connectivity index (χ3n) is 6.61. The van der Waals surface area contributed by atoms with Gasteiger partial charge < -0.3 is 10.1 Å². The number of aryl methyl sites for hydroxylation is 1. The lowest BCUT2D eigenvalue weighted by Crippen LogP contribution is -2.42. The fraction of sp³-hybridized carbons (Fsp3) is 0.429. The zero-order valence-electron chi connectivity index (χ0n) is 21.4. The number of rotatable bonds is 7. The van der Waals surface area contributed by atoms with Gasteiger partial charge in [0.25, 0.3) is 0 Å². The van der Waals surface area contributed by atoms with Gasteiger partial charge in [0.1, 0.15) is 5.82 Å². The number of para-hydroxylation sites is 1. The molecule has 0 radical (unpaired) electrons. The van der Waals surface area contributed by atoms with Crippen molar-refractivity contribution >= 4 is 11.8 Å². The highest BCUT2D eigenvalue weighted by Crippen LogP contribution is 2.29. The monoisotopic (exact) mass is 475 g/mol. The Labute approximate surface area is 208 Å². The summed E-state index contributed by atoms with van der Waals surface area (Å²) in [6.07, 6.45) is 0. The van der Waals surface area contributed by atoms with Crippen molar-refractivity contribution in [2.24, 2.45) is 0 Å². The van der Waals surface area contributed by atoms with Gasteiger partial charge in [0.05, 0.1) is 24.0 Å². The summed E-state index contributed by atoms with van der Waals surface area (Å²) >= 11 is 0. The van der Waals surface area contributed by atoms with Crippen LogP contribution in [0.2, 0.25) is 0 Å². The van der Waals surface area contributed by atoms with Gasteiger partial charge in [-0.05, 0) is 24.1 Å². The highest BCUT2D eigenvalue weighted by atomic mass is 16.5. The van der Waals surface area contributed by atoms with Gasteiger partial charge in [-0.25, -0.2) is 9.48 Å². The number of hydrogen-bond acceptors (Lipinski definition) is 4. The molecule has 35 heavy (non-hydrogen) atoms. The van der Waals surface area contributed by atoms with E-state index in [-0.39, 0.29) is 23.4 Å². The number of urea groups is 1. The van der Waals surface area contributed by atoms with E-state index in [1.807, 2.05) is 35.0 Å². The van der Waals surface area contributed by atoms with Crippen LogP contribution in [0.25, 0.3) is 5.69 Å². The van der Waals surface area contributed by atoms with Gasteiger partial charge in [-0.3, -0.25) is 10.2 Å². The van der Waals surface area contributed by atoms with Crippen LogP contribution in [0.15, 0.2) is 60.7 Å². The Hall–Kier alpha value is -3.16. The molecule has 4 rings (SSSR count). The molecule has 2 amide bonds. The van der Waals surface area contributed by atoms with Crippen molar-refractivity contribution in [3.63, 3.8) is 0 Å². The summed E-state index contributed by atoms with van der Waals surface area (Å²) in [4.78, 5) is 15.6. The zero-order valence-corrected chi connectivity index (χ0v) is 21.4. The Morgan fingerprint density at radius 1 is 1.09 bits per heavy atom. The van der Waals surface area contributed by atoms with Crippen molar-refractivity contribution in [3.05, 3.63) is 77.5 Å². The highest BCUT2D eigenvalue weighted by molar-refractivity contribution is 5.89. The van der Waals surface area contributed by atoms with Crippen molar-refractivity contribution < 1.29 is 9.53 Å². The first-order chi connectivity index (χ1) is 16.8. The van der Waals surface area contributed by atoms with Gasteiger partial charge >= 0.3 is 6.03 Å². The largest absolute Gasteiger partial charge is 0.383 e. The van der Waals surface area contributed by atoms with Gasteiger partial charge in [-0.2, -0.15) is 5.10 Å². The number of ether oxygens (including phenoxy) is 1. The number of nitrogens with one attached hydrogen (secondary N) is 2. The van der Waals surface area contributed by atoms with Crippen LogP contribution >= 0.6 is 0 Å². The maximum Gasteiger partial charge on any atom is 0.320 e. The average molecular weight is 476 g/mol. The van der Waals surface area contributed by atoms with Crippen LogP contribution in [0, 0.1) is 6.92 Å². The molecule has 1 aliphatic heterocycles. The van der Waals surface area contributed by atoms with Crippen LogP contribution in [0.3, 0.4) is 0 Å². The fourth-order valence-electron chi connectivity index (χ4n) is 4.61. The van der Waals surface area contributed by atoms with E-state index in [0.29, 0.717) is 12.4 Å². The topological polar surface area (TPSA) is 71.4 Å². The molecule has 0 aliphatic carbocycles. The second-order valence-corrected chi connectivity index (χ2v) is 10.3. The van der Waals surface area contributed by atoms with Crippen LogP contribution < -0.4 is 10.6 Å². The number of methoxy groups -OCH3 is 1. The molecule has 1 aliphatic rings. The van der Waals surface area contributed by atoms with Gasteiger partial charge in [0, 0.05) is 44.1 Å². The van der Waals surface area contributed by atoms with E-state index in [2.05, 4.69) is 73.6 Å². The Kier molecular flexibility index (Phi) is 7.57. The number of benzene rings is 2. The van der Waals surface area contributed by atoms with Crippen LogP contribution in [0.5, 0.6) is 0 Å². The van der Waals surface area contributed by atoms with Crippen molar-refractivity contribution in [1.82, 2.24) is 20.0 Å². The molecule has 2 heterocycles. The molecule has 1 saturated heterocycles. The molecular weight excluding hydrogens is 438 g/mol. The lowest BCUT2D eigenvalue weighted by atomic mass is 9.92. The lowest BCUT2D eigenvalue weighted by Gasteiger charge is -2.21. The summed E-state index contributed by atoms with van der Waals surface area (Å²) in [6.45, 7) is 11.6. The number of hydrogen-bond donors (Lipinski definition) is 2. The lowest BCUT2D eigenvalue weighted by molar-refractivity contribution is 0.159. The number of amides is 2. The summed E-state index contributed by atoms with van der Waals surface area (Å²) in [7, 11) is 1.72. The third kappa shape index (κ3) is 5.92. The molecule has 0 spiro atoms. The van der Waals surface area contributed by atoms with Crippen LogP contribution in [0.1, 0.15) is 43.5 Å². The zero-order chi connectivity index (χ0) is 25.0. The number of anilines is 1. The Morgan fingerprint density at radius 3 is 2.49 bits per heavy atom. The molecule has 2 aromatic carbocycles. The maximum atomic E-state index is 13.3. The molecule has 7 nitrogen and oxygen atoms in total. The van der Waals surface area contributed by atoms with Gasteiger partial charge in [-0.15, -0.1) is 0 Å². The van der Waals surface area contributed by atoms with Gasteiger partial charge in [0.15, 0.2) is 0 Å². The summed E-state index contributed by atoms with van der Waals surface area (Å²) in [5.41, 5.74) is 4.05. The smallest absolute Gasteiger partial charge is 0.320 e. The van der Waals surface area contributed by atoms with E-state index in [1.54, 1.807) is 7.11 Å². The van der Waals surface area contributed by atoms with Crippen LogP contribution in [0.4, 0.5) is 10.6 Å². The fourth-order valence-corrected chi connectivity index (χ4v) is 4.61. The first-order valence-electron chi connectivity index (χ1n) is 12.3. The van der Waals surface area contributed by atoms with E-state index in [1.165, 1.54) is 5.56 Å². The summed E-state index contributed by atoms with van der Waals surface area (Å²) in [5, 5.41) is 11.2. The molecular formula is C28H37N5O2. The molecule has 3 aromatic rings. The first kappa shape index (κ1) is 24.9. The Morgan fingerprint density at radius 2 is 1.80 bits per heavy atom. The van der Waals surface area contributed by atoms with Crippen LogP contribution in [-0.4, -0.2) is 60.1 Å². The Bertz CT molecular complexity index is 1140. The molecule has 186 valence electrons. The summed E-state index contributed by atoms with van der Waals surface area (Å²) in [5.74, 6) is 0.873. The maximum absolute atomic E-state index is 13.3. The normalized spacial score (nSPS) is 18.5. The second kappa shape index (κ2) is 10.6. The minimum absolute atomic E-state index is 0.00817. The van der Waals surface area contributed by atoms with E-state index < -0.39 is 0 Å².